The second-order valence-corrected chi connectivity index (χ2v) is 4.32. The number of carbonyl (C=O) groups excluding carboxylic acids is 2. The molecule has 0 saturated carbocycles. The van der Waals surface area contributed by atoms with Gasteiger partial charge in [-0.25, -0.2) is 9.59 Å². The lowest BCUT2D eigenvalue weighted by Gasteiger charge is -2.10. The van der Waals surface area contributed by atoms with Crippen LogP contribution < -0.4 is 10.6 Å². The Morgan fingerprint density at radius 2 is 2.05 bits per heavy atom. The summed E-state index contributed by atoms with van der Waals surface area (Å²) in [5.41, 5.74) is -0.0571. The van der Waals surface area contributed by atoms with E-state index in [2.05, 4.69) is 15.4 Å². The molecule has 0 aromatic heterocycles. The van der Waals surface area contributed by atoms with Gasteiger partial charge in [0.15, 0.2) is 0 Å². The molecule has 1 aliphatic heterocycles. The van der Waals surface area contributed by atoms with Gasteiger partial charge in [0.1, 0.15) is 0 Å². The molecule has 1 fully saturated rings. The predicted molar refractivity (Wildman–Crippen MR) is 68.3 cm³/mol. The molecule has 1 saturated heterocycles. The molecule has 8 nitrogen and oxygen atoms in total. The van der Waals surface area contributed by atoms with E-state index in [1.807, 2.05) is 0 Å². The Morgan fingerprint density at radius 1 is 1.35 bits per heavy atom. The van der Waals surface area contributed by atoms with E-state index in [0.717, 1.165) is 13.0 Å². The minimum atomic E-state index is -0.844. The highest BCUT2D eigenvalue weighted by Crippen LogP contribution is 2.12. The summed E-state index contributed by atoms with van der Waals surface area (Å²) in [4.78, 5) is 33.0. The van der Waals surface area contributed by atoms with E-state index in [-0.39, 0.29) is 17.3 Å². The van der Waals surface area contributed by atoms with Crippen LogP contribution in [0.1, 0.15) is 16.8 Å². The molecule has 1 aliphatic rings. The second-order valence-electron chi connectivity index (χ2n) is 4.32. The molecule has 8 heteroatoms. The van der Waals surface area contributed by atoms with E-state index in [0.29, 0.717) is 6.54 Å². The Labute approximate surface area is 114 Å². The molecule has 2 rings (SSSR count). The zero-order chi connectivity index (χ0) is 14.5. The number of benzene rings is 1. The number of ether oxygens (including phenoxy) is 1. The molecule has 0 bridgehead atoms. The van der Waals surface area contributed by atoms with Crippen molar-refractivity contribution in [3.05, 3.63) is 39.9 Å². The molecule has 0 radical (unpaired) electrons. The summed E-state index contributed by atoms with van der Waals surface area (Å²) in [5, 5.41) is 16.1. The van der Waals surface area contributed by atoms with Gasteiger partial charge in [0.05, 0.1) is 10.5 Å². The Balaban J connectivity index is 1.90. The molecular formula is C12H13N3O5. The van der Waals surface area contributed by atoms with Crippen molar-refractivity contribution in [2.24, 2.45) is 0 Å². The number of nitrogens with one attached hydrogen (secondary N) is 2. The van der Waals surface area contributed by atoms with Gasteiger partial charge in [-0.05, 0) is 25.1 Å². The smallest absolute Gasteiger partial charge is 0.373 e. The number of hydrogen-bond acceptors (Lipinski definition) is 6. The number of nitro groups is 1. The largest absolute Gasteiger partial charge is 0.415 e. The lowest BCUT2D eigenvalue weighted by Crippen LogP contribution is -2.37. The summed E-state index contributed by atoms with van der Waals surface area (Å²) in [5.74, 6) is -0.844. The van der Waals surface area contributed by atoms with Crippen LogP contribution in [0.2, 0.25) is 0 Å². The van der Waals surface area contributed by atoms with Crippen molar-refractivity contribution in [3.8, 4) is 0 Å². The Morgan fingerprint density at radius 3 is 2.60 bits per heavy atom. The molecule has 0 spiro atoms. The molecule has 0 unspecified atom stereocenters. The molecular weight excluding hydrogens is 266 g/mol. The first-order valence-electron chi connectivity index (χ1n) is 6.04. The van der Waals surface area contributed by atoms with Crippen molar-refractivity contribution in [2.45, 2.75) is 12.5 Å². The molecule has 1 amide bonds. The van der Waals surface area contributed by atoms with Crippen molar-refractivity contribution >= 4 is 17.7 Å². The molecule has 1 aromatic carbocycles. The summed E-state index contributed by atoms with van der Waals surface area (Å²) in [6, 6.07) is 4.78. The van der Waals surface area contributed by atoms with Gasteiger partial charge >= 0.3 is 12.1 Å². The molecule has 1 atom stereocenters. The van der Waals surface area contributed by atoms with E-state index in [1.165, 1.54) is 24.3 Å². The summed E-state index contributed by atoms with van der Waals surface area (Å²) < 4.78 is 4.61. The fraction of sp³-hybridized carbons (Fsp3) is 0.333. The number of rotatable bonds is 3. The normalized spacial score (nSPS) is 17.5. The van der Waals surface area contributed by atoms with E-state index in [9.17, 15) is 19.7 Å². The molecule has 1 aromatic rings. The van der Waals surface area contributed by atoms with Gasteiger partial charge < -0.3 is 15.4 Å². The van der Waals surface area contributed by atoms with Crippen LogP contribution in [0.4, 0.5) is 10.5 Å². The highest BCUT2D eigenvalue weighted by atomic mass is 16.6. The maximum absolute atomic E-state index is 11.6. The second kappa shape index (κ2) is 6.11. The minimum absolute atomic E-state index is 0.0489. The number of nitrogens with zero attached hydrogens (tertiary/aromatic N) is 1. The average molecular weight is 279 g/mol. The number of nitro benzene ring substituents is 1. The maximum atomic E-state index is 11.6. The Kier molecular flexibility index (Phi) is 4.26. The van der Waals surface area contributed by atoms with Crippen LogP contribution in [0.3, 0.4) is 0 Å². The Hall–Kier alpha value is -2.48. The average Bonchev–Trinajstić information content (AvgIpc) is 2.91. The lowest BCUT2D eigenvalue weighted by molar-refractivity contribution is -0.384. The van der Waals surface area contributed by atoms with Crippen molar-refractivity contribution in [1.29, 1.82) is 0 Å². The van der Waals surface area contributed by atoms with Gasteiger partial charge in [-0.3, -0.25) is 10.1 Å². The van der Waals surface area contributed by atoms with Crippen molar-refractivity contribution in [3.63, 3.8) is 0 Å². The van der Waals surface area contributed by atoms with E-state index in [4.69, 9.17) is 0 Å². The van der Waals surface area contributed by atoms with E-state index < -0.39 is 17.0 Å². The van der Waals surface area contributed by atoms with E-state index >= 15 is 0 Å². The number of esters is 1. The lowest BCUT2D eigenvalue weighted by atomic mass is 10.2. The fourth-order valence-corrected chi connectivity index (χ4v) is 1.84. The van der Waals surface area contributed by atoms with Crippen LogP contribution in [-0.4, -0.2) is 36.1 Å². The summed E-state index contributed by atoms with van der Waals surface area (Å²) in [6.07, 6.45) is -0.0390. The fourth-order valence-electron chi connectivity index (χ4n) is 1.84. The minimum Gasteiger partial charge on any atom is -0.373 e. The van der Waals surface area contributed by atoms with Crippen LogP contribution in [0.15, 0.2) is 24.3 Å². The molecule has 1 heterocycles. The van der Waals surface area contributed by atoms with Crippen LogP contribution in [0.5, 0.6) is 0 Å². The van der Waals surface area contributed by atoms with Gasteiger partial charge in [0, 0.05) is 24.7 Å². The van der Waals surface area contributed by atoms with Gasteiger partial charge in [0.2, 0.25) is 0 Å². The summed E-state index contributed by atoms with van der Waals surface area (Å²) >= 11 is 0. The summed E-state index contributed by atoms with van der Waals surface area (Å²) in [6.45, 7) is 1.45. The zero-order valence-corrected chi connectivity index (χ0v) is 10.5. The third-order valence-electron chi connectivity index (χ3n) is 2.88. The van der Waals surface area contributed by atoms with Crippen LogP contribution in [0, 0.1) is 10.1 Å². The maximum Gasteiger partial charge on any atom is 0.415 e. The van der Waals surface area contributed by atoms with Gasteiger partial charge in [-0.1, -0.05) is 0 Å². The molecule has 0 aliphatic carbocycles. The SMILES string of the molecule is O=C(N[C@@H]1CCNC1)OC(=O)c1ccc([N+](=O)[O-])cc1. The highest BCUT2D eigenvalue weighted by molar-refractivity contribution is 5.96. The zero-order valence-electron chi connectivity index (χ0n) is 10.5. The predicted octanol–water partition coefficient (Wildman–Crippen LogP) is 0.823. The first-order valence-corrected chi connectivity index (χ1v) is 6.04. The van der Waals surface area contributed by atoms with Gasteiger partial charge in [0.25, 0.3) is 5.69 Å². The number of non-ortho nitro benzene ring substituents is 1. The number of carbonyl (C=O) groups is 2. The van der Waals surface area contributed by atoms with Gasteiger partial charge in [-0.15, -0.1) is 0 Å². The van der Waals surface area contributed by atoms with E-state index in [1.54, 1.807) is 0 Å². The number of amides is 1. The monoisotopic (exact) mass is 279 g/mol. The van der Waals surface area contributed by atoms with Crippen LogP contribution >= 0.6 is 0 Å². The van der Waals surface area contributed by atoms with Crippen LogP contribution in [-0.2, 0) is 4.74 Å². The molecule has 20 heavy (non-hydrogen) atoms. The van der Waals surface area contributed by atoms with Gasteiger partial charge in [-0.2, -0.15) is 0 Å². The van der Waals surface area contributed by atoms with Crippen molar-refractivity contribution in [1.82, 2.24) is 10.6 Å². The number of hydrogen-bond donors (Lipinski definition) is 2. The third kappa shape index (κ3) is 3.51. The quantitative estimate of drug-likeness (QED) is 0.367. The topological polar surface area (TPSA) is 111 Å². The molecule has 2 N–H and O–H groups in total. The van der Waals surface area contributed by atoms with Crippen molar-refractivity contribution < 1.29 is 19.2 Å². The number of alkyl carbamates (subject to hydrolysis) is 1. The highest BCUT2D eigenvalue weighted by Gasteiger charge is 2.20. The van der Waals surface area contributed by atoms with Crippen molar-refractivity contribution in [2.75, 3.05) is 13.1 Å². The first-order chi connectivity index (χ1) is 9.56. The first kappa shape index (κ1) is 13.9. The standard InChI is InChI=1S/C12H13N3O5/c16-11(8-1-3-10(4-2-8)15(18)19)20-12(17)14-9-5-6-13-7-9/h1-4,9,13H,5-7H2,(H,14,17)/t9-/m1/s1. The third-order valence-corrected chi connectivity index (χ3v) is 2.88. The van der Waals surface area contributed by atoms with Crippen LogP contribution in [0.25, 0.3) is 0 Å². The summed E-state index contributed by atoms with van der Waals surface area (Å²) in [7, 11) is 0. The Bertz CT molecular complexity index is 522. The molecule has 106 valence electrons.